The normalized spacial score (nSPS) is 26.2. The van der Waals surface area contributed by atoms with Crippen molar-refractivity contribution in [3.8, 4) is 0 Å². The van der Waals surface area contributed by atoms with Crippen LogP contribution in [0, 0.1) is 25.7 Å². The van der Waals surface area contributed by atoms with Crippen molar-refractivity contribution < 1.29 is 22.8 Å². The SMILES string of the molecule is Cc1cc(N2C(=O)CNC2=O)c(C)cc1C=CS(=O)(=O)N1CCC2(CC1)N=C(C1CCC(C)CC1)NC2=O. The Labute approximate surface area is 223 Å². The number of hydrogen-bond donors (Lipinski definition) is 2. The summed E-state index contributed by atoms with van der Waals surface area (Å²) in [5.74, 6) is 1.36. The van der Waals surface area contributed by atoms with Crippen molar-refractivity contribution in [1.82, 2.24) is 14.9 Å². The van der Waals surface area contributed by atoms with Crippen molar-refractivity contribution in [3.63, 3.8) is 0 Å². The van der Waals surface area contributed by atoms with Gasteiger partial charge < -0.3 is 10.6 Å². The molecule has 10 nitrogen and oxygen atoms in total. The second-order valence-corrected chi connectivity index (χ2v) is 12.9. The lowest BCUT2D eigenvalue weighted by Gasteiger charge is -2.34. The number of amides is 4. The quantitative estimate of drug-likeness (QED) is 0.554. The van der Waals surface area contributed by atoms with E-state index < -0.39 is 21.6 Å². The van der Waals surface area contributed by atoms with Gasteiger partial charge in [-0.05, 0) is 80.3 Å². The highest BCUT2D eigenvalue weighted by Gasteiger charge is 2.48. The molecule has 4 aliphatic rings. The van der Waals surface area contributed by atoms with Crippen molar-refractivity contribution in [3.05, 3.63) is 34.2 Å². The predicted molar refractivity (Wildman–Crippen MR) is 145 cm³/mol. The molecule has 1 aromatic carbocycles. The third-order valence-corrected chi connectivity index (χ3v) is 9.96. The molecule has 0 radical (unpaired) electrons. The third-order valence-electron chi connectivity index (χ3n) is 8.40. The van der Waals surface area contributed by atoms with E-state index in [9.17, 15) is 22.8 Å². The molecule has 2 N–H and O–H groups in total. The highest BCUT2D eigenvalue weighted by molar-refractivity contribution is 7.92. The number of aryl methyl sites for hydroxylation is 2. The number of piperidine rings is 1. The van der Waals surface area contributed by atoms with Crippen LogP contribution in [0.1, 0.15) is 62.1 Å². The first-order valence-electron chi connectivity index (χ1n) is 13.3. The summed E-state index contributed by atoms with van der Waals surface area (Å²) in [6.45, 7) is 6.25. The largest absolute Gasteiger partial charge is 0.329 e. The molecule has 204 valence electrons. The number of aliphatic imine (C=N–C) groups is 1. The summed E-state index contributed by atoms with van der Waals surface area (Å²) in [6.07, 6.45) is 6.59. The van der Waals surface area contributed by atoms with Crippen molar-refractivity contribution in [2.24, 2.45) is 16.8 Å². The molecule has 0 aromatic heterocycles. The Hall–Kier alpha value is -3.05. The van der Waals surface area contributed by atoms with E-state index in [1.165, 1.54) is 9.71 Å². The summed E-state index contributed by atoms with van der Waals surface area (Å²) in [6, 6.07) is 3.02. The van der Waals surface area contributed by atoms with Crippen molar-refractivity contribution in [2.75, 3.05) is 24.5 Å². The average Bonchev–Trinajstić information content (AvgIpc) is 3.38. The van der Waals surface area contributed by atoms with Crippen LogP contribution in [0.4, 0.5) is 10.5 Å². The van der Waals surface area contributed by atoms with Gasteiger partial charge in [-0.1, -0.05) is 19.8 Å². The number of sulfonamides is 1. The van der Waals surface area contributed by atoms with Gasteiger partial charge in [0, 0.05) is 24.4 Å². The standard InChI is InChI=1S/C27H35N5O5S/c1-17-4-6-20(7-5-17)24-29-25(34)27(30-24)9-11-31(12-10-27)38(36,37)13-8-21-14-19(3)22(15-18(21)2)32-23(33)16-28-26(32)35/h8,13-15,17,20H,4-7,9-12,16H2,1-3H3,(H,28,35)(H,29,30,34). The zero-order chi connectivity index (χ0) is 27.2. The Balaban J connectivity index is 1.26. The van der Waals surface area contributed by atoms with Gasteiger partial charge in [-0.25, -0.2) is 18.1 Å². The lowest BCUT2D eigenvalue weighted by molar-refractivity contribution is -0.125. The Morgan fingerprint density at radius 2 is 1.71 bits per heavy atom. The van der Waals surface area contributed by atoms with Crippen molar-refractivity contribution >= 4 is 45.5 Å². The van der Waals surface area contributed by atoms with Crippen LogP contribution in [0.15, 0.2) is 22.5 Å². The Bertz CT molecular complexity index is 1320. The monoisotopic (exact) mass is 541 g/mol. The minimum atomic E-state index is -3.71. The summed E-state index contributed by atoms with van der Waals surface area (Å²) in [5.41, 5.74) is 1.73. The third kappa shape index (κ3) is 4.89. The Kier molecular flexibility index (Phi) is 6.93. The van der Waals surface area contributed by atoms with Crippen LogP contribution in [0.2, 0.25) is 0 Å². The van der Waals surface area contributed by atoms with Gasteiger partial charge in [0.25, 0.3) is 11.8 Å². The van der Waals surface area contributed by atoms with E-state index in [0.29, 0.717) is 35.6 Å². The topological polar surface area (TPSA) is 128 Å². The molecular formula is C27H35N5O5S. The van der Waals surface area contributed by atoms with E-state index in [1.807, 2.05) is 0 Å². The molecule has 11 heteroatoms. The zero-order valence-corrected chi connectivity index (χ0v) is 22.9. The number of nitrogens with one attached hydrogen (secondary N) is 2. The number of carbonyl (C=O) groups is 3. The maximum absolute atomic E-state index is 13.1. The molecule has 0 bridgehead atoms. The number of carbonyl (C=O) groups excluding carboxylic acids is 3. The summed E-state index contributed by atoms with van der Waals surface area (Å²) in [7, 11) is -3.71. The zero-order valence-electron chi connectivity index (χ0n) is 22.1. The first-order chi connectivity index (χ1) is 18.0. The molecule has 0 atom stereocenters. The fourth-order valence-electron chi connectivity index (χ4n) is 5.87. The molecule has 4 amide bonds. The van der Waals surface area contributed by atoms with Crippen LogP contribution in [0.3, 0.4) is 0 Å². The number of amidine groups is 1. The first kappa shape index (κ1) is 26.6. The smallest absolute Gasteiger partial charge is 0.328 e. The number of benzene rings is 1. The molecule has 1 saturated carbocycles. The van der Waals surface area contributed by atoms with E-state index in [2.05, 4.69) is 17.6 Å². The van der Waals surface area contributed by atoms with Gasteiger partial charge in [0.05, 0.1) is 12.2 Å². The maximum atomic E-state index is 13.1. The predicted octanol–water partition coefficient (Wildman–Crippen LogP) is 2.85. The van der Waals surface area contributed by atoms with Crippen LogP contribution in [0.25, 0.3) is 6.08 Å². The van der Waals surface area contributed by atoms with Crippen molar-refractivity contribution in [2.45, 2.75) is 64.8 Å². The lowest BCUT2D eigenvalue weighted by atomic mass is 9.82. The fourth-order valence-corrected chi connectivity index (χ4v) is 7.06. The van der Waals surface area contributed by atoms with Crippen LogP contribution < -0.4 is 15.5 Å². The molecule has 1 spiro atoms. The number of urea groups is 1. The molecular weight excluding hydrogens is 506 g/mol. The number of anilines is 1. The van der Waals surface area contributed by atoms with E-state index in [1.54, 1.807) is 32.1 Å². The van der Waals surface area contributed by atoms with Gasteiger partial charge in [0.15, 0.2) is 0 Å². The van der Waals surface area contributed by atoms with Crippen LogP contribution in [-0.4, -0.2) is 61.6 Å². The highest BCUT2D eigenvalue weighted by atomic mass is 32.2. The van der Waals surface area contributed by atoms with Crippen LogP contribution >= 0.6 is 0 Å². The van der Waals surface area contributed by atoms with Crippen molar-refractivity contribution in [1.29, 1.82) is 0 Å². The Morgan fingerprint density at radius 1 is 1.03 bits per heavy atom. The summed E-state index contributed by atoms with van der Waals surface area (Å²) in [5, 5.41) is 6.72. The van der Waals surface area contributed by atoms with E-state index in [0.717, 1.165) is 42.0 Å². The minimum Gasteiger partial charge on any atom is -0.328 e. The summed E-state index contributed by atoms with van der Waals surface area (Å²) >= 11 is 0. The number of imide groups is 1. The second kappa shape index (κ2) is 9.92. The fraction of sp³-hybridized carbons (Fsp3) is 0.556. The number of hydrogen-bond acceptors (Lipinski definition) is 6. The Morgan fingerprint density at radius 3 is 2.34 bits per heavy atom. The van der Waals surface area contributed by atoms with Crippen LogP contribution in [0.5, 0.6) is 0 Å². The van der Waals surface area contributed by atoms with Gasteiger partial charge in [-0.15, -0.1) is 0 Å². The molecule has 38 heavy (non-hydrogen) atoms. The van der Waals surface area contributed by atoms with Gasteiger partial charge in [-0.2, -0.15) is 4.31 Å². The second-order valence-electron chi connectivity index (χ2n) is 11.1. The maximum Gasteiger partial charge on any atom is 0.329 e. The summed E-state index contributed by atoms with van der Waals surface area (Å²) in [4.78, 5) is 43.0. The van der Waals surface area contributed by atoms with E-state index in [-0.39, 0.29) is 37.4 Å². The minimum absolute atomic E-state index is 0.0392. The molecule has 2 saturated heterocycles. The number of nitrogens with zero attached hydrogens (tertiary/aromatic N) is 3. The lowest BCUT2D eigenvalue weighted by Crippen LogP contribution is -2.50. The van der Waals surface area contributed by atoms with E-state index >= 15 is 0 Å². The molecule has 5 rings (SSSR count). The summed E-state index contributed by atoms with van der Waals surface area (Å²) < 4.78 is 27.7. The molecule has 1 aromatic rings. The molecule has 3 heterocycles. The molecule has 0 unspecified atom stereocenters. The van der Waals surface area contributed by atoms with Gasteiger partial charge >= 0.3 is 6.03 Å². The van der Waals surface area contributed by atoms with Gasteiger partial charge in [0.2, 0.25) is 10.0 Å². The molecule has 1 aliphatic carbocycles. The molecule has 3 aliphatic heterocycles. The van der Waals surface area contributed by atoms with Gasteiger partial charge in [0.1, 0.15) is 11.4 Å². The average molecular weight is 542 g/mol. The number of rotatable bonds is 5. The van der Waals surface area contributed by atoms with Crippen LogP contribution in [-0.2, 0) is 19.6 Å². The van der Waals surface area contributed by atoms with Gasteiger partial charge in [-0.3, -0.25) is 14.6 Å². The van der Waals surface area contributed by atoms with E-state index in [4.69, 9.17) is 4.99 Å². The first-order valence-corrected chi connectivity index (χ1v) is 14.8. The molecule has 3 fully saturated rings. The highest BCUT2D eigenvalue weighted by Crippen LogP contribution is 2.36.